The Balaban J connectivity index is 1.95. The van der Waals surface area contributed by atoms with Gasteiger partial charge in [0.25, 0.3) is 5.91 Å². The number of imide groups is 1. The number of aliphatic hydroxyl groups excluding tert-OH is 1. The summed E-state index contributed by atoms with van der Waals surface area (Å²) in [5, 5.41) is 14.8. The van der Waals surface area contributed by atoms with Crippen LogP contribution in [0.25, 0.3) is 0 Å². The Morgan fingerprint density at radius 2 is 1.90 bits per heavy atom. The minimum Gasteiger partial charge on any atom is -0.502 e. The average molecular weight is 295 g/mol. The summed E-state index contributed by atoms with van der Waals surface area (Å²) in [6.07, 6.45) is 3.17. The maximum atomic E-state index is 12.0. The number of nitrogens with zero attached hydrogens (tertiary/aromatic N) is 1. The van der Waals surface area contributed by atoms with Gasteiger partial charge in [-0.15, -0.1) is 0 Å². The number of nitrogens with one attached hydrogen (secondary N) is 2. The summed E-state index contributed by atoms with van der Waals surface area (Å²) in [7, 11) is 0. The number of hydrogen-bond donors (Lipinski definition) is 3. The second kappa shape index (κ2) is 6.15. The lowest BCUT2D eigenvalue weighted by molar-refractivity contribution is -0.141. The van der Waals surface area contributed by atoms with E-state index in [1.807, 2.05) is 6.92 Å². The van der Waals surface area contributed by atoms with E-state index < -0.39 is 5.91 Å². The van der Waals surface area contributed by atoms with Crippen LogP contribution in [0.4, 0.5) is 0 Å². The second-order valence-electron chi connectivity index (χ2n) is 5.70. The minimum atomic E-state index is -0.419. The lowest BCUT2D eigenvalue weighted by atomic mass is 9.71. The Labute approximate surface area is 123 Å². The number of likely N-dealkylation sites (tertiary alicyclic amines) is 1. The summed E-state index contributed by atoms with van der Waals surface area (Å²) in [6.45, 7) is 3.38. The van der Waals surface area contributed by atoms with Crippen LogP contribution < -0.4 is 10.6 Å². The summed E-state index contributed by atoms with van der Waals surface area (Å²) in [6, 6.07) is 0. The molecule has 2 rings (SSSR count). The lowest BCUT2D eigenvalue weighted by Gasteiger charge is -2.42. The first-order valence-corrected chi connectivity index (χ1v) is 7.20. The highest BCUT2D eigenvalue weighted by atomic mass is 16.3. The fourth-order valence-electron chi connectivity index (χ4n) is 2.95. The highest BCUT2D eigenvalue weighted by Gasteiger charge is 2.42. The molecule has 0 aromatic carbocycles. The van der Waals surface area contributed by atoms with Crippen molar-refractivity contribution in [1.29, 1.82) is 0 Å². The SMILES string of the molecule is CCN/C=C(\O)C(=O)N1CCC2(CC1)CC(=O)NC(=O)C2. The maximum absolute atomic E-state index is 12.0. The van der Waals surface area contributed by atoms with E-state index in [1.165, 1.54) is 6.20 Å². The second-order valence-corrected chi connectivity index (χ2v) is 5.70. The highest BCUT2D eigenvalue weighted by Crippen LogP contribution is 2.40. The molecule has 2 aliphatic heterocycles. The number of hydrogen-bond acceptors (Lipinski definition) is 5. The Bertz CT molecular complexity index is 461. The first kappa shape index (κ1) is 15.3. The van der Waals surface area contributed by atoms with E-state index in [9.17, 15) is 19.5 Å². The molecule has 21 heavy (non-hydrogen) atoms. The van der Waals surface area contributed by atoms with Crippen LogP contribution in [0, 0.1) is 5.41 Å². The summed E-state index contributed by atoms with van der Waals surface area (Å²) >= 11 is 0. The molecule has 7 heteroatoms. The third-order valence-corrected chi connectivity index (χ3v) is 4.12. The molecule has 2 saturated heterocycles. The number of amides is 3. The van der Waals surface area contributed by atoms with E-state index in [-0.39, 0.29) is 23.0 Å². The van der Waals surface area contributed by atoms with Crippen LogP contribution in [0.15, 0.2) is 12.0 Å². The molecule has 7 nitrogen and oxygen atoms in total. The van der Waals surface area contributed by atoms with E-state index in [0.717, 1.165) is 0 Å². The van der Waals surface area contributed by atoms with Crippen molar-refractivity contribution in [2.45, 2.75) is 32.6 Å². The molecule has 0 aromatic heterocycles. The molecule has 0 radical (unpaired) electrons. The van der Waals surface area contributed by atoms with Crippen molar-refractivity contribution >= 4 is 17.7 Å². The normalized spacial score (nSPS) is 22.1. The lowest BCUT2D eigenvalue weighted by Crippen LogP contribution is -2.51. The minimum absolute atomic E-state index is 0.235. The Hall–Kier alpha value is -2.05. The van der Waals surface area contributed by atoms with Gasteiger partial charge >= 0.3 is 0 Å². The van der Waals surface area contributed by atoms with Crippen molar-refractivity contribution < 1.29 is 19.5 Å². The number of aliphatic hydroxyl groups is 1. The largest absolute Gasteiger partial charge is 0.502 e. The van der Waals surface area contributed by atoms with Gasteiger partial charge in [0.2, 0.25) is 11.8 Å². The number of rotatable bonds is 3. The molecule has 3 N–H and O–H groups in total. The van der Waals surface area contributed by atoms with E-state index in [0.29, 0.717) is 45.3 Å². The number of carbonyl (C=O) groups excluding carboxylic acids is 3. The van der Waals surface area contributed by atoms with Gasteiger partial charge in [0.05, 0.1) is 0 Å². The van der Waals surface area contributed by atoms with Crippen molar-refractivity contribution in [1.82, 2.24) is 15.5 Å². The van der Waals surface area contributed by atoms with Crippen molar-refractivity contribution in [3.8, 4) is 0 Å². The smallest absolute Gasteiger partial charge is 0.290 e. The maximum Gasteiger partial charge on any atom is 0.290 e. The molecule has 0 unspecified atom stereocenters. The third kappa shape index (κ3) is 3.53. The highest BCUT2D eigenvalue weighted by molar-refractivity contribution is 5.98. The summed E-state index contributed by atoms with van der Waals surface area (Å²) < 4.78 is 0. The number of carbonyl (C=O) groups is 3. The van der Waals surface area contributed by atoms with Gasteiger partial charge in [0.1, 0.15) is 0 Å². The fraction of sp³-hybridized carbons (Fsp3) is 0.643. The van der Waals surface area contributed by atoms with Gasteiger partial charge in [0, 0.05) is 38.7 Å². The van der Waals surface area contributed by atoms with Gasteiger partial charge in [-0.1, -0.05) is 0 Å². The summed E-state index contributed by atoms with van der Waals surface area (Å²) in [5.74, 6) is -1.20. The molecule has 2 aliphatic rings. The zero-order valence-electron chi connectivity index (χ0n) is 12.1. The molecule has 116 valence electrons. The van der Waals surface area contributed by atoms with Crippen LogP contribution in [0.3, 0.4) is 0 Å². The zero-order chi connectivity index (χ0) is 15.5. The van der Waals surface area contributed by atoms with Gasteiger partial charge in [-0.05, 0) is 25.2 Å². The molecule has 3 amide bonds. The summed E-state index contributed by atoms with van der Waals surface area (Å²) in [4.78, 5) is 36.6. The predicted molar refractivity (Wildman–Crippen MR) is 75.0 cm³/mol. The molecule has 2 fully saturated rings. The molecule has 0 atom stereocenters. The van der Waals surface area contributed by atoms with E-state index >= 15 is 0 Å². The molecular weight excluding hydrogens is 274 g/mol. The van der Waals surface area contributed by atoms with Gasteiger partial charge in [-0.25, -0.2) is 0 Å². The van der Waals surface area contributed by atoms with Crippen LogP contribution in [-0.4, -0.2) is 47.4 Å². The van der Waals surface area contributed by atoms with Crippen LogP contribution >= 0.6 is 0 Å². The molecule has 0 aliphatic carbocycles. The number of piperidine rings is 2. The Kier molecular flexibility index (Phi) is 4.50. The quantitative estimate of drug-likeness (QED) is 0.388. The van der Waals surface area contributed by atoms with Crippen LogP contribution in [0.1, 0.15) is 32.6 Å². The predicted octanol–water partition coefficient (Wildman–Crippen LogP) is 0.0407. The van der Waals surface area contributed by atoms with Gasteiger partial charge < -0.3 is 15.3 Å². The monoisotopic (exact) mass is 295 g/mol. The Morgan fingerprint density at radius 3 is 2.43 bits per heavy atom. The first-order valence-electron chi connectivity index (χ1n) is 7.20. The first-order chi connectivity index (χ1) is 9.96. The fourth-order valence-corrected chi connectivity index (χ4v) is 2.95. The molecule has 0 bridgehead atoms. The van der Waals surface area contributed by atoms with Crippen LogP contribution in [-0.2, 0) is 14.4 Å². The van der Waals surface area contributed by atoms with Gasteiger partial charge in [0.15, 0.2) is 5.76 Å². The zero-order valence-corrected chi connectivity index (χ0v) is 12.1. The van der Waals surface area contributed by atoms with Crippen LogP contribution in [0.2, 0.25) is 0 Å². The molecule has 0 saturated carbocycles. The average Bonchev–Trinajstić information content (AvgIpc) is 2.43. The molecule has 2 heterocycles. The van der Waals surface area contributed by atoms with E-state index in [2.05, 4.69) is 10.6 Å². The van der Waals surface area contributed by atoms with E-state index in [1.54, 1.807) is 4.90 Å². The third-order valence-electron chi connectivity index (χ3n) is 4.12. The van der Waals surface area contributed by atoms with E-state index in [4.69, 9.17) is 0 Å². The molecule has 1 spiro atoms. The summed E-state index contributed by atoms with van der Waals surface area (Å²) in [5.41, 5.74) is -0.322. The Morgan fingerprint density at radius 1 is 1.33 bits per heavy atom. The van der Waals surface area contributed by atoms with Gasteiger partial charge in [-0.2, -0.15) is 0 Å². The molecular formula is C14H21N3O4. The van der Waals surface area contributed by atoms with Gasteiger partial charge in [-0.3, -0.25) is 19.7 Å². The molecule has 0 aromatic rings. The standard InChI is InChI=1S/C14H21N3O4/c1-2-15-9-10(18)13(21)17-5-3-14(4-6-17)7-11(19)16-12(20)8-14/h9,15,18H,2-8H2,1H3,(H,16,19,20)/b10-9-. The van der Waals surface area contributed by atoms with Crippen molar-refractivity contribution in [3.63, 3.8) is 0 Å². The van der Waals surface area contributed by atoms with Crippen molar-refractivity contribution in [3.05, 3.63) is 12.0 Å². The van der Waals surface area contributed by atoms with Crippen molar-refractivity contribution in [2.24, 2.45) is 5.41 Å². The van der Waals surface area contributed by atoms with Crippen LogP contribution in [0.5, 0.6) is 0 Å². The topological polar surface area (TPSA) is 98.7 Å². The van der Waals surface area contributed by atoms with Crippen molar-refractivity contribution in [2.75, 3.05) is 19.6 Å².